The molecule has 0 spiro atoms. The smallest absolute Gasteiger partial charge is 0.191 e. The van der Waals surface area contributed by atoms with Crippen LogP contribution in [0.2, 0.25) is 0 Å². The van der Waals surface area contributed by atoms with Gasteiger partial charge in [-0.05, 0) is 24.6 Å². The SMILES string of the molecule is C=CCNC(=NCC(c1cccc(F)c1)N1CCOCC1)NCC.I. The summed E-state index contributed by atoms with van der Waals surface area (Å²) < 4.78 is 19.1. The van der Waals surface area contributed by atoms with E-state index in [0.717, 1.165) is 31.2 Å². The van der Waals surface area contributed by atoms with E-state index in [2.05, 4.69) is 27.1 Å². The molecule has 0 radical (unpaired) electrons. The fourth-order valence-corrected chi connectivity index (χ4v) is 2.72. The molecule has 25 heavy (non-hydrogen) atoms. The first-order chi connectivity index (χ1) is 11.7. The number of hydrogen-bond acceptors (Lipinski definition) is 3. The maximum atomic E-state index is 13.7. The second-order valence-corrected chi connectivity index (χ2v) is 5.61. The van der Waals surface area contributed by atoms with Crippen molar-refractivity contribution in [3.8, 4) is 0 Å². The molecule has 1 aliphatic heterocycles. The summed E-state index contributed by atoms with van der Waals surface area (Å²) >= 11 is 0. The Morgan fingerprint density at radius 2 is 2.16 bits per heavy atom. The maximum Gasteiger partial charge on any atom is 0.191 e. The van der Waals surface area contributed by atoms with E-state index in [9.17, 15) is 4.39 Å². The highest BCUT2D eigenvalue weighted by molar-refractivity contribution is 14.0. The van der Waals surface area contributed by atoms with Crippen molar-refractivity contribution in [2.45, 2.75) is 13.0 Å². The maximum absolute atomic E-state index is 13.7. The minimum Gasteiger partial charge on any atom is -0.379 e. The predicted octanol–water partition coefficient (Wildman–Crippen LogP) is 2.56. The van der Waals surface area contributed by atoms with Crippen LogP contribution in [0.1, 0.15) is 18.5 Å². The van der Waals surface area contributed by atoms with Crippen molar-refractivity contribution >= 4 is 29.9 Å². The van der Waals surface area contributed by atoms with Gasteiger partial charge in [-0.3, -0.25) is 9.89 Å². The number of hydrogen-bond donors (Lipinski definition) is 2. The monoisotopic (exact) mass is 462 g/mol. The van der Waals surface area contributed by atoms with E-state index in [1.54, 1.807) is 18.2 Å². The normalized spacial score (nSPS) is 16.6. The van der Waals surface area contributed by atoms with Gasteiger partial charge >= 0.3 is 0 Å². The summed E-state index contributed by atoms with van der Waals surface area (Å²) in [5.74, 6) is 0.526. The largest absolute Gasteiger partial charge is 0.379 e. The number of nitrogens with zero attached hydrogens (tertiary/aromatic N) is 2. The first kappa shape index (κ1) is 21.9. The lowest BCUT2D eigenvalue weighted by atomic mass is 10.0. The number of aliphatic imine (C=N–C) groups is 1. The molecule has 7 heteroatoms. The van der Waals surface area contributed by atoms with Gasteiger partial charge in [0.2, 0.25) is 0 Å². The van der Waals surface area contributed by atoms with Gasteiger partial charge < -0.3 is 15.4 Å². The Morgan fingerprint density at radius 1 is 1.40 bits per heavy atom. The molecule has 2 N–H and O–H groups in total. The second-order valence-electron chi connectivity index (χ2n) is 5.61. The van der Waals surface area contributed by atoms with Crippen LogP contribution in [0.3, 0.4) is 0 Å². The number of morpholine rings is 1. The Bertz CT molecular complexity index is 550. The Kier molecular flexibility index (Phi) is 10.7. The highest BCUT2D eigenvalue weighted by Gasteiger charge is 2.23. The molecule has 0 bridgehead atoms. The molecule has 0 saturated carbocycles. The first-order valence-electron chi connectivity index (χ1n) is 8.45. The summed E-state index contributed by atoms with van der Waals surface area (Å²) in [7, 11) is 0. The topological polar surface area (TPSA) is 48.9 Å². The van der Waals surface area contributed by atoms with E-state index in [-0.39, 0.29) is 35.8 Å². The van der Waals surface area contributed by atoms with E-state index in [0.29, 0.717) is 26.3 Å². The molecule has 1 saturated heterocycles. The Morgan fingerprint density at radius 3 is 2.80 bits per heavy atom. The molecule has 1 heterocycles. The van der Waals surface area contributed by atoms with Gasteiger partial charge in [0, 0.05) is 26.2 Å². The minimum atomic E-state index is -0.216. The molecule has 0 aliphatic carbocycles. The van der Waals surface area contributed by atoms with Crippen molar-refractivity contribution in [2.24, 2.45) is 4.99 Å². The summed E-state index contributed by atoms with van der Waals surface area (Å²) in [6.45, 7) is 10.8. The molecule has 1 fully saturated rings. The van der Waals surface area contributed by atoms with Gasteiger partial charge in [0.25, 0.3) is 0 Å². The molecular formula is C18H28FIN4O. The van der Waals surface area contributed by atoms with Gasteiger partial charge in [0.15, 0.2) is 5.96 Å². The molecule has 140 valence electrons. The van der Waals surface area contributed by atoms with E-state index in [4.69, 9.17) is 4.74 Å². The van der Waals surface area contributed by atoms with E-state index in [1.807, 2.05) is 13.0 Å². The number of ether oxygens (including phenoxy) is 1. The van der Waals surface area contributed by atoms with Crippen molar-refractivity contribution in [1.29, 1.82) is 0 Å². The lowest BCUT2D eigenvalue weighted by molar-refractivity contribution is 0.0179. The number of benzene rings is 1. The van der Waals surface area contributed by atoms with Crippen LogP contribution >= 0.6 is 24.0 Å². The predicted molar refractivity (Wildman–Crippen MR) is 111 cm³/mol. The highest BCUT2D eigenvalue weighted by atomic mass is 127. The second kappa shape index (κ2) is 12.2. The lowest BCUT2D eigenvalue weighted by Crippen LogP contribution is -2.41. The van der Waals surface area contributed by atoms with E-state index in [1.165, 1.54) is 6.07 Å². The zero-order valence-corrected chi connectivity index (χ0v) is 17.0. The average Bonchev–Trinajstić information content (AvgIpc) is 2.61. The standard InChI is InChI=1S/C18H27FN4O.HI/c1-3-8-21-18(20-4-2)22-14-17(23-9-11-24-12-10-23)15-6-5-7-16(19)13-15;/h3,5-7,13,17H,1,4,8-12,14H2,2H3,(H2,20,21,22);1H. The van der Waals surface area contributed by atoms with Crippen LogP contribution in [-0.4, -0.2) is 56.8 Å². The van der Waals surface area contributed by atoms with Crippen LogP contribution in [-0.2, 0) is 4.74 Å². The Hall–Kier alpha value is -1.19. The van der Waals surface area contributed by atoms with Gasteiger partial charge in [-0.1, -0.05) is 18.2 Å². The zero-order valence-electron chi connectivity index (χ0n) is 14.7. The van der Waals surface area contributed by atoms with Crippen LogP contribution in [0.25, 0.3) is 0 Å². The molecule has 1 aliphatic rings. The molecule has 0 amide bonds. The van der Waals surface area contributed by atoms with Crippen LogP contribution in [0.5, 0.6) is 0 Å². The number of guanidine groups is 1. The number of nitrogens with one attached hydrogen (secondary N) is 2. The molecule has 5 nitrogen and oxygen atoms in total. The third-order valence-corrected chi connectivity index (χ3v) is 3.90. The quantitative estimate of drug-likeness (QED) is 0.283. The Labute approximate surface area is 166 Å². The van der Waals surface area contributed by atoms with Gasteiger partial charge in [-0.2, -0.15) is 0 Å². The summed E-state index contributed by atoms with van der Waals surface area (Å²) in [4.78, 5) is 6.98. The third kappa shape index (κ3) is 7.29. The van der Waals surface area contributed by atoms with Gasteiger partial charge in [0.1, 0.15) is 5.82 Å². The number of rotatable bonds is 7. The molecule has 1 atom stereocenters. The molecule has 2 rings (SSSR count). The first-order valence-corrected chi connectivity index (χ1v) is 8.45. The number of halogens is 2. The van der Waals surface area contributed by atoms with Crippen LogP contribution in [0, 0.1) is 5.82 Å². The summed E-state index contributed by atoms with van der Waals surface area (Å²) in [6.07, 6.45) is 1.79. The summed E-state index contributed by atoms with van der Waals surface area (Å²) in [5, 5.41) is 6.41. The highest BCUT2D eigenvalue weighted by Crippen LogP contribution is 2.23. The van der Waals surface area contributed by atoms with Crippen molar-refractivity contribution < 1.29 is 9.13 Å². The molecule has 0 aromatic heterocycles. The van der Waals surface area contributed by atoms with Crippen molar-refractivity contribution in [3.63, 3.8) is 0 Å². The molecule has 1 aromatic rings. The fraction of sp³-hybridized carbons (Fsp3) is 0.500. The van der Waals surface area contributed by atoms with Crippen molar-refractivity contribution in [2.75, 3.05) is 45.9 Å². The molecule has 1 unspecified atom stereocenters. The van der Waals surface area contributed by atoms with Gasteiger partial charge in [0.05, 0.1) is 25.8 Å². The minimum absolute atomic E-state index is 0. The van der Waals surface area contributed by atoms with Gasteiger partial charge in [-0.15, -0.1) is 30.6 Å². The van der Waals surface area contributed by atoms with Crippen LogP contribution < -0.4 is 10.6 Å². The average molecular weight is 462 g/mol. The molecule has 1 aromatic carbocycles. The fourth-order valence-electron chi connectivity index (χ4n) is 2.72. The third-order valence-electron chi connectivity index (χ3n) is 3.90. The molecular weight excluding hydrogens is 434 g/mol. The summed E-state index contributed by atoms with van der Waals surface area (Å²) in [6, 6.07) is 6.81. The lowest BCUT2D eigenvalue weighted by Gasteiger charge is -2.34. The van der Waals surface area contributed by atoms with Crippen molar-refractivity contribution in [1.82, 2.24) is 15.5 Å². The van der Waals surface area contributed by atoms with Gasteiger partial charge in [-0.25, -0.2) is 4.39 Å². The van der Waals surface area contributed by atoms with Crippen molar-refractivity contribution in [3.05, 3.63) is 48.3 Å². The van der Waals surface area contributed by atoms with E-state index >= 15 is 0 Å². The summed E-state index contributed by atoms with van der Waals surface area (Å²) in [5.41, 5.74) is 0.945. The van der Waals surface area contributed by atoms with Crippen LogP contribution in [0.15, 0.2) is 41.9 Å². The van der Waals surface area contributed by atoms with E-state index < -0.39 is 0 Å². The van der Waals surface area contributed by atoms with Crippen LogP contribution in [0.4, 0.5) is 4.39 Å². The Balaban J connectivity index is 0.00000312. The zero-order chi connectivity index (χ0) is 17.2.